The van der Waals surface area contributed by atoms with E-state index in [1.54, 1.807) is 16.7 Å². The molecule has 6 nitrogen and oxygen atoms in total. The van der Waals surface area contributed by atoms with E-state index in [1.165, 1.54) is 0 Å². The summed E-state index contributed by atoms with van der Waals surface area (Å²) in [6.07, 6.45) is 2.45. The maximum Gasteiger partial charge on any atom is 0.268 e. The molecule has 1 amide bonds. The standard InChI is InChI=1S/C27H24N4O2/c1-19-9-8-16-30-24(19)29-25-22(27(30)33)17-23(31(25)18-21-12-6-3-7-13-21)26(32)28-15-14-20-10-4-2-5-11-20/h2-13,16-17H,14-15,18H2,1H3,(H,28,32). The SMILES string of the molecule is Cc1cccn2c(=O)c3cc(C(=O)NCCc4ccccc4)n(Cc4ccccc4)c3nc12. The molecule has 5 aromatic rings. The van der Waals surface area contributed by atoms with Gasteiger partial charge in [-0.15, -0.1) is 0 Å². The van der Waals surface area contributed by atoms with E-state index in [0.29, 0.717) is 35.5 Å². The number of nitrogens with zero attached hydrogens (tertiary/aromatic N) is 3. The van der Waals surface area contributed by atoms with Crippen LogP contribution in [0.3, 0.4) is 0 Å². The molecule has 0 spiro atoms. The predicted octanol–water partition coefficient (Wildman–Crippen LogP) is 3.98. The third-order valence-corrected chi connectivity index (χ3v) is 5.85. The zero-order valence-electron chi connectivity index (χ0n) is 18.4. The quantitative estimate of drug-likeness (QED) is 0.438. The summed E-state index contributed by atoms with van der Waals surface area (Å²) in [5.41, 5.74) is 4.45. The Morgan fingerprint density at radius 2 is 1.61 bits per heavy atom. The normalized spacial score (nSPS) is 11.2. The van der Waals surface area contributed by atoms with Gasteiger partial charge in [0.1, 0.15) is 17.0 Å². The van der Waals surface area contributed by atoms with Crippen LogP contribution in [-0.4, -0.2) is 26.4 Å². The third kappa shape index (κ3) is 4.03. The van der Waals surface area contributed by atoms with Crippen molar-refractivity contribution in [2.45, 2.75) is 19.9 Å². The van der Waals surface area contributed by atoms with Crippen molar-refractivity contribution >= 4 is 22.6 Å². The smallest absolute Gasteiger partial charge is 0.268 e. The lowest BCUT2D eigenvalue weighted by atomic mass is 10.1. The lowest BCUT2D eigenvalue weighted by molar-refractivity contribution is 0.0945. The van der Waals surface area contributed by atoms with Gasteiger partial charge < -0.3 is 9.88 Å². The van der Waals surface area contributed by atoms with E-state index in [9.17, 15) is 9.59 Å². The van der Waals surface area contributed by atoms with Gasteiger partial charge in [-0.2, -0.15) is 0 Å². The zero-order chi connectivity index (χ0) is 22.8. The number of fused-ring (bicyclic) bond motifs is 2. The average Bonchev–Trinajstić information content (AvgIpc) is 3.20. The highest BCUT2D eigenvalue weighted by Gasteiger charge is 2.20. The number of rotatable bonds is 6. The van der Waals surface area contributed by atoms with Crippen molar-refractivity contribution in [2.24, 2.45) is 0 Å². The molecule has 0 fully saturated rings. The number of amides is 1. The van der Waals surface area contributed by atoms with E-state index >= 15 is 0 Å². The molecular formula is C27H24N4O2. The summed E-state index contributed by atoms with van der Waals surface area (Å²) in [5.74, 6) is -0.218. The number of hydrogen-bond donors (Lipinski definition) is 1. The number of carbonyl (C=O) groups is 1. The van der Waals surface area contributed by atoms with E-state index in [0.717, 1.165) is 23.1 Å². The average molecular weight is 437 g/mol. The fourth-order valence-corrected chi connectivity index (χ4v) is 4.13. The molecule has 5 rings (SSSR count). The molecule has 0 radical (unpaired) electrons. The summed E-state index contributed by atoms with van der Waals surface area (Å²) in [6, 6.07) is 25.3. The number of nitrogens with one attached hydrogen (secondary N) is 1. The molecule has 0 saturated heterocycles. The first kappa shape index (κ1) is 20.7. The molecule has 6 heteroatoms. The van der Waals surface area contributed by atoms with Crippen LogP contribution in [0.25, 0.3) is 16.7 Å². The van der Waals surface area contributed by atoms with Crippen molar-refractivity contribution in [2.75, 3.05) is 6.54 Å². The predicted molar refractivity (Wildman–Crippen MR) is 130 cm³/mol. The molecule has 33 heavy (non-hydrogen) atoms. The van der Waals surface area contributed by atoms with Crippen molar-refractivity contribution in [1.29, 1.82) is 0 Å². The van der Waals surface area contributed by atoms with E-state index in [-0.39, 0.29) is 11.5 Å². The van der Waals surface area contributed by atoms with Gasteiger partial charge in [0.15, 0.2) is 0 Å². The first-order chi connectivity index (χ1) is 16.1. The first-order valence-electron chi connectivity index (χ1n) is 11.0. The van der Waals surface area contributed by atoms with E-state index < -0.39 is 0 Å². The molecule has 0 saturated carbocycles. The fraction of sp³-hybridized carbons (Fsp3) is 0.148. The Labute approximate surface area is 191 Å². The van der Waals surface area contributed by atoms with Gasteiger partial charge in [0.2, 0.25) is 0 Å². The lowest BCUT2D eigenvalue weighted by Gasteiger charge is -2.12. The summed E-state index contributed by atoms with van der Waals surface area (Å²) < 4.78 is 3.39. The Bertz CT molecular complexity index is 1500. The Morgan fingerprint density at radius 3 is 2.33 bits per heavy atom. The lowest BCUT2D eigenvalue weighted by Crippen LogP contribution is -2.28. The molecule has 0 atom stereocenters. The summed E-state index contributed by atoms with van der Waals surface area (Å²) in [5, 5.41) is 3.44. The Hall–Kier alpha value is -4.19. The first-order valence-corrected chi connectivity index (χ1v) is 11.0. The molecule has 0 aliphatic heterocycles. The van der Waals surface area contributed by atoms with Crippen molar-refractivity contribution in [3.63, 3.8) is 0 Å². The number of carbonyl (C=O) groups excluding carboxylic acids is 1. The molecule has 0 aliphatic carbocycles. The van der Waals surface area contributed by atoms with Crippen LogP contribution in [0.1, 0.15) is 27.2 Å². The highest BCUT2D eigenvalue weighted by Crippen LogP contribution is 2.19. The third-order valence-electron chi connectivity index (χ3n) is 5.85. The van der Waals surface area contributed by atoms with E-state index in [2.05, 4.69) is 5.32 Å². The second-order valence-corrected chi connectivity index (χ2v) is 8.13. The topological polar surface area (TPSA) is 68.4 Å². The minimum atomic E-state index is -0.218. The minimum Gasteiger partial charge on any atom is -0.350 e. The molecular weight excluding hydrogens is 412 g/mol. The monoisotopic (exact) mass is 436 g/mol. The van der Waals surface area contributed by atoms with Crippen LogP contribution in [0, 0.1) is 6.92 Å². The van der Waals surface area contributed by atoms with Crippen LogP contribution >= 0.6 is 0 Å². The number of aromatic nitrogens is 3. The summed E-state index contributed by atoms with van der Waals surface area (Å²) in [7, 11) is 0. The Kier molecular flexibility index (Phi) is 5.48. The molecule has 3 aromatic heterocycles. The molecule has 2 aromatic carbocycles. The number of aryl methyl sites for hydroxylation is 1. The maximum absolute atomic E-state index is 13.3. The summed E-state index contributed by atoms with van der Waals surface area (Å²) in [6.45, 7) is 2.87. The Morgan fingerprint density at radius 1 is 0.909 bits per heavy atom. The minimum absolute atomic E-state index is 0.177. The van der Waals surface area contributed by atoms with Gasteiger partial charge in [0.25, 0.3) is 11.5 Å². The fourth-order valence-electron chi connectivity index (χ4n) is 4.13. The molecule has 0 aliphatic rings. The van der Waals surface area contributed by atoms with E-state index in [1.807, 2.05) is 84.3 Å². The Balaban J connectivity index is 1.57. The van der Waals surface area contributed by atoms with Crippen molar-refractivity contribution < 1.29 is 4.79 Å². The second-order valence-electron chi connectivity index (χ2n) is 8.13. The largest absolute Gasteiger partial charge is 0.350 e. The van der Waals surface area contributed by atoms with E-state index in [4.69, 9.17) is 4.98 Å². The van der Waals surface area contributed by atoms with Gasteiger partial charge in [0.05, 0.1) is 5.39 Å². The maximum atomic E-state index is 13.3. The summed E-state index contributed by atoms with van der Waals surface area (Å²) in [4.78, 5) is 31.3. The molecule has 1 N–H and O–H groups in total. The van der Waals surface area contributed by atoms with Gasteiger partial charge in [-0.1, -0.05) is 66.7 Å². The summed E-state index contributed by atoms with van der Waals surface area (Å²) >= 11 is 0. The van der Waals surface area contributed by atoms with Gasteiger partial charge in [0, 0.05) is 19.3 Å². The molecule has 0 unspecified atom stereocenters. The van der Waals surface area contributed by atoms with Crippen LogP contribution < -0.4 is 10.9 Å². The van der Waals surface area contributed by atoms with Gasteiger partial charge in [-0.25, -0.2) is 4.98 Å². The molecule has 164 valence electrons. The van der Waals surface area contributed by atoms with Crippen molar-refractivity contribution in [3.8, 4) is 0 Å². The van der Waals surface area contributed by atoms with Gasteiger partial charge in [-0.3, -0.25) is 14.0 Å². The van der Waals surface area contributed by atoms with Gasteiger partial charge in [-0.05, 0) is 42.2 Å². The van der Waals surface area contributed by atoms with Gasteiger partial charge >= 0.3 is 0 Å². The second kappa shape index (κ2) is 8.74. The molecule has 0 bridgehead atoms. The number of pyridine rings is 1. The van der Waals surface area contributed by atoms with Crippen LogP contribution in [0.5, 0.6) is 0 Å². The van der Waals surface area contributed by atoms with Crippen molar-refractivity contribution in [1.82, 2.24) is 19.3 Å². The molecule has 3 heterocycles. The van der Waals surface area contributed by atoms with Crippen LogP contribution in [0.4, 0.5) is 0 Å². The van der Waals surface area contributed by atoms with Crippen LogP contribution in [-0.2, 0) is 13.0 Å². The highest BCUT2D eigenvalue weighted by molar-refractivity contribution is 5.98. The van der Waals surface area contributed by atoms with Crippen LogP contribution in [0.2, 0.25) is 0 Å². The highest BCUT2D eigenvalue weighted by atomic mass is 16.2. The zero-order valence-corrected chi connectivity index (χ0v) is 18.4. The van der Waals surface area contributed by atoms with Crippen molar-refractivity contribution in [3.05, 3.63) is 118 Å². The number of hydrogen-bond acceptors (Lipinski definition) is 3. The van der Waals surface area contributed by atoms with Crippen LogP contribution in [0.15, 0.2) is 89.9 Å². The number of benzene rings is 2.